The molecular weight excluding hydrogens is 362 g/mol. The minimum Gasteiger partial charge on any atom is -0.353 e. The molecule has 2 heterocycles. The molecular formula is C20H17N3OS2. The minimum atomic E-state index is -0.0893. The number of rotatable bonds is 6. The van der Waals surface area contributed by atoms with Crippen molar-refractivity contribution in [3.63, 3.8) is 0 Å². The molecule has 4 aromatic rings. The Morgan fingerprint density at radius 3 is 2.38 bits per heavy atom. The quantitative estimate of drug-likeness (QED) is 0.391. The van der Waals surface area contributed by atoms with Crippen molar-refractivity contribution in [3.05, 3.63) is 64.6 Å². The van der Waals surface area contributed by atoms with Crippen molar-refractivity contribution in [2.75, 3.05) is 6.54 Å². The van der Waals surface area contributed by atoms with Gasteiger partial charge >= 0.3 is 0 Å². The van der Waals surface area contributed by atoms with Crippen LogP contribution in [0, 0.1) is 0 Å². The molecule has 0 aliphatic rings. The number of aromatic nitrogens is 2. The maximum Gasteiger partial charge on any atom is 0.244 e. The Bertz CT molecular complexity index is 1010. The highest BCUT2D eigenvalue weighted by molar-refractivity contribution is 7.19. The average molecular weight is 380 g/mol. The fourth-order valence-corrected chi connectivity index (χ4v) is 4.52. The van der Waals surface area contributed by atoms with Gasteiger partial charge in [0.15, 0.2) is 0 Å². The van der Waals surface area contributed by atoms with Crippen LogP contribution in [0.2, 0.25) is 0 Å². The van der Waals surface area contributed by atoms with Crippen molar-refractivity contribution >= 4 is 55.1 Å². The molecule has 0 saturated heterocycles. The molecule has 2 aromatic carbocycles. The molecule has 0 bridgehead atoms. The van der Waals surface area contributed by atoms with Gasteiger partial charge in [-0.25, -0.2) is 9.97 Å². The Morgan fingerprint density at radius 1 is 0.962 bits per heavy atom. The van der Waals surface area contributed by atoms with Crippen molar-refractivity contribution in [3.8, 4) is 0 Å². The highest BCUT2D eigenvalue weighted by atomic mass is 32.1. The number of thiazole rings is 2. The molecule has 26 heavy (non-hydrogen) atoms. The van der Waals surface area contributed by atoms with Gasteiger partial charge in [-0.2, -0.15) is 0 Å². The first-order valence-corrected chi connectivity index (χ1v) is 10.1. The van der Waals surface area contributed by atoms with Gasteiger partial charge in [-0.1, -0.05) is 24.3 Å². The van der Waals surface area contributed by atoms with E-state index >= 15 is 0 Å². The Kier molecular flexibility index (Phi) is 5.04. The Balaban J connectivity index is 1.25. The second-order valence-corrected chi connectivity index (χ2v) is 8.00. The highest BCUT2D eigenvalue weighted by Crippen LogP contribution is 2.23. The van der Waals surface area contributed by atoms with E-state index in [0.29, 0.717) is 6.54 Å². The van der Waals surface area contributed by atoms with Crippen LogP contribution in [0.4, 0.5) is 0 Å². The molecule has 1 N–H and O–H groups in total. The molecule has 4 rings (SSSR count). The number of para-hydroxylation sites is 2. The van der Waals surface area contributed by atoms with E-state index in [-0.39, 0.29) is 5.91 Å². The summed E-state index contributed by atoms with van der Waals surface area (Å²) in [6, 6.07) is 16.1. The average Bonchev–Trinajstić information content (AvgIpc) is 3.26. The normalized spacial score (nSPS) is 11.5. The van der Waals surface area contributed by atoms with Crippen molar-refractivity contribution in [2.45, 2.75) is 12.8 Å². The van der Waals surface area contributed by atoms with Crippen LogP contribution in [-0.2, 0) is 11.2 Å². The number of hydrogen-bond donors (Lipinski definition) is 1. The zero-order chi connectivity index (χ0) is 17.8. The third-order valence-corrected chi connectivity index (χ3v) is 5.99. The number of amides is 1. The Labute approximate surface area is 159 Å². The zero-order valence-corrected chi connectivity index (χ0v) is 15.6. The predicted molar refractivity (Wildman–Crippen MR) is 110 cm³/mol. The van der Waals surface area contributed by atoms with E-state index in [2.05, 4.69) is 21.4 Å². The van der Waals surface area contributed by atoms with Crippen LogP contribution in [0.15, 0.2) is 54.6 Å². The summed E-state index contributed by atoms with van der Waals surface area (Å²) < 4.78 is 2.34. The lowest BCUT2D eigenvalue weighted by atomic mass is 10.3. The van der Waals surface area contributed by atoms with Crippen LogP contribution in [0.3, 0.4) is 0 Å². The van der Waals surface area contributed by atoms with Crippen LogP contribution in [-0.4, -0.2) is 22.4 Å². The zero-order valence-electron chi connectivity index (χ0n) is 14.0. The lowest BCUT2D eigenvalue weighted by Gasteiger charge is -2.00. The van der Waals surface area contributed by atoms with E-state index in [4.69, 9.17) is 0 Å². The first-order valence-electron chi connectivity index (χ1n) is 8.44. The molecule has 0 aliphatic carbocycles. The maximum atomic E-state index is 11.9. The number of nitrogens with zero attached hydrogens (tertiary/aromatic N) is 2. The summed E-state index contributed by atoms with van der Waals surface area (Å²) in [5.74, 6) is -0.0893. The van der Waals surface area contributed by atoms with Gasteiger partial charge in [0.1, 0.15) is 5.01 Å². The first kappa shape index (κ1) is 16.9. The number of carbonyl (C=O) groups is 1. The molecule has 0 aliphatic heterocycles. The number of hydrogen-bond acceptors (Lipinski definition) is 5. The first-order chi connectivity index (χ1) is 12.8. The van der Waals surface area contributed by atoms with Crippen molar-refractivity contribution in [1.29, 1.82) is 0 Å². The van der Waals surface area contributed by atoms with Crippen molar-refractivity contribution in [2.24, 2.45) is 0 Å². The molecule has 6 heteroatoms. The summed E-state index contributed by atoms with van der Waals surface area (Å²) in [6.07, 6.45) is 5.07. The second kappa shape index (κ2) is 7.76. The lowest BCUT2D eigenvalue weighted by molar-refractivity contribution is -0.116. The summed E-state index contributed by atoms with van der Waals surface area (Å²) >= 11 is 3.30. The van der Waals surface area contributed by atoms with E-state index in [9.17, 15) is 4.79 Å². The summed E-state index contributed by atoms with van der Waals surface area (Å²) in [5, 5.41) is 4.88. The van der Waals surface area contributed by atoms with Gasteiger partial charge in [-0.15, -0.1) is 22.7 Å². The summed E-state index contributed by atoms with van der Waals surface area (Å²) in [6.45, 7) is 0.638. The van der Waals surface area contributed by atoms with E-state index in [1.54, 1.807) is 34.8 Å². The van der Waals surface area contributed by atoms with Crippen LogP contribution in [0.5, 0.6) is 0 Å². The summed E-state index contributed by atoms with van der Waals surface area (Å²) in [7, 11) is 0. The molecule has 1 amide bonds. The number of carbonyl (C=O) groups excluding carboxylic acids is 1. The third kappa shape index (κ3) is 3.98. The monoisotopic (exact) mass is 379 g/mol. The van der Waals surface area contributed by atoms with Crippen LogP contribution in [0.25, 0.3) is 26.5 Å². The number of fused-ring (bicyclic) bond motifs is 2. The maximum absolute atomic E-state index is 11.9. The largest absolute Gasteiger partial charge is 0.353 e. The molecule has 130 valence electrons. The third-order valence-electron chi connectivity index (χ3n) is 3.89. The number of benzene rings is 2. The number of aryl methyl sites for hydroxylation is 1. The van der Waals surface area contributed by atoms with Gasteiger partial charge in [0.2, 0.25) is 5.91 Å². The van der Waals surface area contributed by atoms with Crippen LogP contribution in [0.1, 0.15) is 16.4 Å². The van der Waals surface area contributed by atoms with Gasteiger partial charge in [0.05, 0.1) is 25.4 Å². The predicted octanol–water partition coefficient (Wildman–Crippen LogP) is 4.67. The smallest absolute Gasteiger partial charge is 0.244 e. The van der Waals surface area contributed by atoms with Crippen LogP contribution >= 0.6 is 22.7 Å². The van der Waals surface area contributed by atoms with E-state index in [0.717, 1.165) is 38.6 Å². The summed E-state index contributed by atoms with van der Waals surface area (Å²) in [4.78, 5) is 21.0. The molecule has 4 nitrogen and oxygen atoms in total. The molecule has 0 fully saturated rings. The molecule has 0 spiro atoms. The van der Waals surface area contributed by atoms with Crippen LogP contribution < -0.4 is 5.32 Å². The number of nitrogens with one attached hydrogen (secondary N) is 1. The van der Waals surface area contributed by atoms with Gasteiger partial charge in [0, 0.05) is 19.0 Å². The minimum absolute atomic E-state index is 0.0893. The van der Waals surface area contributed by atoms with Gasteiger partial charge in [0.25, 0.3) is 0 Å². The topological polar surface area (TPSA) is 54.9 Å². The molecule has 0 unspecified atom stereocenters. The van der Waals surface area contributed by atoms with E-state index < -0.39 is 0 Å². The molecule has 2 aromatic heterocycles. The lowest BCUT2D eigenvalue weighted by Crippen LogP contribution is -2.22. The highest BCUT2D eigenvalue weighted by Gasteiger charge is 2.04. The van der Waals surface area contributed by atoms with Crippen molar-refractivity contribution in [1.82, 2.24) is 15.3 Å². The van der Waals surface area contributed by atoms with E-state index in [1.165, 1.54) is 4.70 Å². The van der Waals surface area contributed by atoms with E-state index in [1.807, 2.05) is 42.5 Å². The Hall–Kier alpha value is -2.57. The van der Waals surface area contributed by atoms with Crippen molar-refractivity contribution < 1.29 is 4.79 Å². The van der Waals surface area contributed by atoms with Gasteiger partial charge in [-0.3, -0.25) is 4.79 Å². The summed E-state index contributed by atoms with van der Waals surface area (Å²) in [5.41, 5.74) is 2.02. The fourth-order valence-electron chi connectivity index (χ4n) is 2.65. The second-order valence-electron chi connectivity index (χ2n) is 5.82. The van der Waals surface area contributed by atoms with Gasteiger partial charge < -0.3 is 5.32 Å². The standard InChI is InChI=1S/C20H17N3OS2/c24-18(11-12-20-23-15-7-2-4-9-17(15)26-20)21-13-5-10-19-22-14-6-1-3-8-16(14)25-19/h1-4,6-9,11-12H,5,10,13H2,(H,21,24)/b12-11+. The fraction of sp³-hybridized carbons (Fsp3) is 0.150. The molecule has 0 atom stereocenters. The SMILES string of the molecule is O=C(/C=C/c1nc2ccccc2s1)NCCCc1nc2ccccc2s1. The molecule has 0 radical (unpaired) electrons. The van der Waals surface area contributed by atoms with Gasteiger partial charge in [-0.05, 0) is 36.8 Å². The Morgan fingerprint density at radius 2 is 1.65 bits per heavy atom. The molecule has 0 saturated carbocycles.